The molecule has 0 saturated carbocycles. The highest BCUT2D eigenvalue weighted by Crippen LogP contribution is 2.13. The Morgan fingerprint density at radius 1 is 1.67 bits per heavy atom. The molecule has 1 nitrogen and oxygen atoms in total. The smallest absolute Gasteiger partial charge is 0.0499 e. The van der Waals surface area contributed by atoms with Gasteiger partial charge >= 0.3 is 0 Å². The fraction of sp³-hybridized carbons (Fsp3) is 0.500. The van der Waals surface area contributed by atoms with Crippen LogP contribution in [0.1, 0.15) is 12.8 Å². The molecule has 0 radical (unpaired) electrons. The summed E-state index contributed by atoms with van der Waals surface area (Å²) < 4.78 is 4.94. The molecule has 0 spiro atoms. The lowest BCUT2D eigenvalue weighted by Gasteiger charge is -1.97. The summed E-state index contributed by atoms with van der Waals surface area (Å²) in [4.78, 5) is 0. The maximum atomic E-state index is 4.94. The molecule has 0 aromatic heterocycles. The molecule has 1 heteroatoms. The molecule has 0 saturated heterocycles. The number of methoxy groups -OCH3 is 1. The van der Waals surface area contributed by atoms with E-state index in [1.807, 2.05) is 0 Å². The summed E-state index contributed by atoms with van der Waals surface area (Å²) in [6, 6.07) is 0. The molecule has 0 unspecified atom stereocenters. The van der Waals surface area contributed by atoms with Gasteiger partial charge in [-0.3, -0.25) is 0 Å². The van der Waals surface area contributed by atoms with E-state index in [2.05, 4.69) is 18.2 Å². The summed E-state index contributed by atoms with van der Waals surface area (Å²) in [5.74, 6) is 0. The van der Waals surface area contributed by atoms with Crippen LogP contribution in [0, 0.1) is 0 Å². The molecule has 50 valence electrons. The first-order valence-corrected chi connectivity index (χ1v) is 3.27. The Hall–Kier alpha value is -0.560. The first-order valence-electron chi connectivity index (χ1n) is 3.27. The van der Waals surface area contributed by atoms with Crippen molar-refractivity contribution in [2.24, 2.45) is 0 Å². The zero-order chi connectivity index (χ0) is 6.53. The quantitative estimate of drug-likeness (QED) is 0.558. The van der Waals surface area contributed by atoms with Crippen molar-refractivity contribution in [3.63, 3.8) is 0 Å². The highest BCUT2D eigenvalue weighted by Gasteiger charge is 1.96. The minimum absolute atomic E-state index is 0.855. The fourth-order valence-corrected chi connectivity index (χ4v) is 0.910. The van der Waals surface area contributed by atoms with Crippen LogP contribution in [-0.2, 0) is 4.74 Å². The normalized spacial score (nSPS) is 16.3. The van der Waals surface area contributed by atoms with Crippen LogP contribution in [-0.4, -0.2) is 13.7 Å². The first kappa shape index (κ1) is 6.56. The fourth-order valence-electron chi connectivity index (χ4n) is 0.910. The molecule has 0 N–H and O–H groups in total. The Morgan fingerprint density at radius 2 is 2.56 bits per heavy atom. The van der Waals surface area contributed by atoms with E-state index in [1.54, 1.807) is 7.11 Å². The van der Waals surface area contributed by atoms with Crippen LogP contribution >= 0.6 is 0 Å². The summed E-state index contributed by atoms with van der Waals surface area (Å²) in [7, 11) is 1.74. The van der Waals surface area contributed by atoms with Crippen molar-refractivity contribution >= 4 is 0 Å². The van der Waals surface area contributed by atoms with Gasteiger partial charge < -0.3 is 4.74 Å². The van der Waals surface area contributed by atoms with Crippen molar-refractivity contribution in [2.75, 3.05) is 13.7 Å². The van der Waals surface area contributed by atoms with Gasteiger partial charge in [-0.2, -0.15) is 0 Å². The van der Waals surface area contributed by atoms with E-state index >= 15 is 0 Å². The predicted molar refractivity (Wildman–Crippen MR) is 38.3 cm³/mol. The first-order chi connectivity index (χ1) is 4.43. The lowest BCUT2D eigenvalue weighted by atomic mass is 10.2. The van der Waals surface area contributed by atoms with Crippen LogP contribution in [0.15, 0.2) is 23.8 Å². The standard InChI is InChI=1S/C8H12O/c1-9-7-6-8-4-2-3-5-8/h2-4H,5-7H2,1H3. The second kappa shape index (κ2) is 3.46. The minimum atomic E-state index is 0.855. The Morgan fingerprint density at radius 3 is 3.11 bits per heavy atom. The van der Waals surface area contributed by atoms with Gasteiger partial charge in [0, 0.05) is 13.7 Å². The van der Waals surface area contributed by atoms with Crippen LogP contribution in [0.25, 0.3) is 0 Å². The van der Waals surface area contributed by atoms with Crippen molar-refractivity contribution in [2.45, 2.75) is 12.8 Å². The summed E-state index contributed by atoms with van der Waals surface area (Å²) >= 11 is 0. The van der Waals surface area contributed by atoms with Crippen LogP contribution < -0.4 is 0 Å². The largest absolute Gasteiger partial charge is 0.384 e. The molecule has 1 rings (SSSR count). The van der Waals surface area contributed by atoms with E-state index in [9.17, 15) is 0 Å². The Labute approximate surface area is 56.0 Å². The monoisotopic (exact) mass is 124 g/mol. The molecule has 0 fully saturated rings. The van der Waals surface area contributed by atoms with Crippen molar-refractivity contribution in [3.8, 4) is 0 Å². The molecule has 0 atom stereocenters. The van der Waals surface area contributed by atoms with Gasteiger partial charge in [0.2, 0.25) is 0 Å². The molecule has 9 heavy (non-hydrogen) atoms. The lowest BCUT2D eigenvalue weighted by Crippen LogP contribution is -1.89. The van der Waals surface area contributed by atoms with Gasteiger partial charge in [-0.05, 0) is 12.8 Å². The maximum absolute atomic E-state index is 4.94. The van der Waals surface area contributed by atoms with E-state index in [4.69, 9.17) is 4.74 Å². The van der Waals surface area contributed by atoms with Crippen molar-refractivity contribution in [1.29, 1.82) is 0 Å². The molecule has 0 heterocycles. The van der Waals surface area contributed by atoms with Crippen LogP contribution in [0.3, 0.4) is 0 Å². The van der Waals surface area contributed by atoms with Gasteiger partial charge in [0.1, 0.15) is 0 Å². The van der Waals surface area contributed by atoms with Crippen LogP contribution in [0.4, 0.5) is 0 Å². The number of rotatable bonds is 3. The number of hydrogen-bond donors (Lipinski definition) is 0. The van der Waals surface area contributed by atoms with E-state index in [0.717, 1.165) is 19.4 Å². The molecule has 0 aliphatic heterocycles. The van der Waals surface area contributed by atoms with Gasteiger partial charge in [0.25, 0.3) is 0 Å². The summed E-state index contributed by atoms with van der Waals surface area (Å²) in [5.41, 5.74) is 1.48. The lowest BCUT2D eigenvalue weighted by molar-refractivity contribution is 0.202. The van der Waals surface area contributed by atoms with Crippen molar-refractivity contribution in [1.82, 2.24) is 0 Å². The maximum Gasteiger partial charge on any atom is 0.0499 e. The number of allylic oxidation sites excluding steroid dienone is 3. The summed E-state index contributed by atoms with van der Waals surface area (Å²) in [6.07, 6.45) is 8.65. The van der Waals surface area contributed by atoms with Crippen LogP contribution in [0.2, 0.25) is 0 Å². The zero-order valence-corrected chi connectivity index (χ0v) is 5.76. The third-order valence-corrected chi connectivity index (χ3v) is 1.48. The van der Waals surface area contributed by atoms with Gasteiger partial charge in [-0.15, -0.1) is 0 Å². The summed E-state index contributed by atoms with van der Waals surface area (Å²) in [5, 5.41) is 0. The molecule has 0 aromatic rings. The zero-order valence-electron chi connectivity index (χ0n) is 5.76. The number of ether oxygens (including phenoxy) is 1. The van der Waals surface area contributed by atoms with E-state index in [1.165, 1.54) is 5.57 Å². The van der Waals surface area contributed by atoms with E-state index in [0.29, 0.717) is 0 Å². The second-order valence-corrected chi connectivity index (χ2v) is 2.20. The molecular weight excluding hydrogens is 112 g/mol. The topological polar surface area (TPSA) is 9.23 Å². The van der Waals surface area contributed by atoms with E-state index in [-0.39, 0.29) is 0 Å². The molecular formula is C8H12O. The van der Waals surface area contributed by atoms with Gasteiger partial charge in [0.15, 0.2) is 0 Å². The molecule has 1 aliphatic carbocycles. The Balaban J connectivity index is 2.14. The predicted octanol–water partition coefficient (Wildman–Crippen LogP) is 1.91. The van der Waals surface area contributed by atoms with Gasteiger partial charge in [-0.1, -0.05) is 23.8 Å². The average molecular weight is 124 g/mol. The Bertz CT molecular complexity index is 134. The second-order valence-electron chi connectivity index (χ2n) is 2.20. The molecule has 0 aromatic carbocycles. The highest BCUT2D eigenvalue weighted by atomic mass is 16.5. The third kappa shape index (κ3) is 2.02. The van der Waals surface area contributed by atoms with Gasteiger partial charge in [0.05, 0.1) is 0 Å². The highest BCUT2D eigenvalue weighted by molar-refractivity contribution is 5.22. The van der Waals surface area contributed by atoms with E-state index < -0.39 is 0 Å². The summed E-state index contributed by atoms with van der Waals surface area (Å²) in [6.45, 7) is 0.855. The Kier molecular flexibility index (Phi) is 2.52. The third-order valence-electron chi connectivity index (χ3n) is 1.48. The minimum Gasteiger partial charge on any atom is -0.384 e. The number of hydrogen-bond acceptors (Lipinski definition) is 1. The van der Waals surface area contributed by atoms with Crippen molar-refractivity contribution < 1.29 is 4.74 Å². The van der Waals surface area contributed by atoms with Gasteiger partial charge in [-0.25, -0.2) is 0 Å². The molecule has 1 aliphatic rings. The molecule has 0 bridgehead atoms. The SMILES string of the molecule is COCCC1=CC=CC1. The average Bonchev–Trinajstić information content (AvgIpc) is 2.34. The molecule has 0 amide bonds. The van der Waals surface area contributed by atoms with Crippen LogP contribution in [0.5, 0.6) is 0 Å². The van der Waals surface area contributed by atoms with Crippen molar-refractivity contribution in [3.05, 3.63) is 23.8 Å².